The molecular formula is C20H20ClFN4O2. The maximum atomic E-state index is 14.0. The zero-order chi connectivity index (χ0) is 19.8. The molecule has 1 aromatic carbocycles. The van der Waals surface area contributed by atoms with Crippen LogP contribution in [-0.4, -0.2) is 20.8 Å². The lowest BCUT2D eigenvalue weighted by atomic mass is 9.88. The van der Waals surface area contributed by atoms with E-state index in [1.165, 1.54) is 6.07 Å². The van der Waals surface area contributed by atoms with Gasteiger partial charge >= 0.3 is 0 Å². The molecule has 1 atom stereocenters. The van der Waals surface area contributed by atoms with Gasteiger partial charge in [0.05, 0.1) is 6.54 Å². The van der Waals surface area contributed by atoms with E-state index < -0.39 is 5.82 Å². The van der Waals surface area contributed by atoms with Gasteiger partial charge in [0.25, 0.3) is 5.91 Å². The normalized spacial score (nSPS) is 16.1. The molecule has 0 fully saturated rings. The van der Waals surface area contributed by atoms with Crippen LogP contribution in [0, 0.1) is 18.7 Å². The molecule has 0 radical (unpaired) electrons. The smallest absolute Gasteiger partial charge is 0.279 e. The monoisotopic (exact) mass is 402 g/mol. The Bertz CT molecular complexity index is 1020. The molecule has 1 aliphatic rings. The van der Waals surface area contributed by atoms with E-state index in [9.17, 15) is 9.18 Å². The van der Waals surface area contributed by atoms with Crippen LogP contribution in [0.3, 0.4) is 0 Å². The predicted molar refractivity (Wildman–Crippen MR) is 103 cm³/mol. The Balaban J connectivity index is 1.53. The third-order valence-corrected chi connectivity index (χ3v) is 5.45. The minimum Gasteiger partial charge on any atom is -0.360 e. The molecule has 1 aliphatic carbocycles. The number of hydrogen-bond acceptors (Lipinski definition) is 4. The molecule has 0 bridgehead atoms. The summed E-state index contributed by atoms with van der Waals surface area (Å²) in [7, 11) is 0. The van der Waals surface area contributed by atoms with Crippen molar-refractivity contribution in [3.63, 3.8) is 0 Å². The average Bonchev–Trinajstić information content (AvgIpc) is 3.21. The summed E-state index contributed by atoms with van der Waals surface area (Å²) in [6.07, 6.45) is 2.61. The average molecular weight is 403 g/mol. The topological polar surface area (TPSA) is 73.0 Å². The number of carbonyl (C=O) groups excluding carboxylic acids is 1. The Hall–Kier alpha value is -2.67. The lowest BCUT2D eigenvalue weighted by molar-refractivity contribution is 0.101. The van der Waals surface area contributed by atoms with Crippen molar-refractivity contribution in [1.82, 2.24) is 14.9 Å². The van der Waals surface area contributed by atoms with Gasteiger partial charge in [0.2, 0.25) is 0 Å². The molecule has 0 saturated carbocycles. The SMILES string of the molecule is Cc1cc(NC(=O)c2noc3c2CC(C)CC3)nn1Cc1c(F)cccc1Cl. The van der Waals surface area contributed by atoms with Crippen molar-refractivity contribution in [2.75, 3.05) is 5.32 Å². The molecular weight excluding hydrogens is 383 g/mol. The van der Waals surface area contributed by atoms with Crippen LogP contribution in [0.1, 0.15) is 46.4 Å². The molecule has 1 unspecified atom stereocenters. The Kier molecular flexibility index (Phi) is 4.93. The standard InChI is InChI=1S/C20H20ClFN4O2/c1-11-6-7-17-13(8-11)19(25-28-17)20(27)23-18-9-12(2)26(24-18)10-14-15(21)4-3-5-16(14)22/h3-5,9,11H,6-8,10H2,1-2H3,(H,23,24,27). The third-order valence-electron chi connectivity index (χ3n) is 5.09. The summed E-state index contributed by atoms with van der Waals surface area (Å²) in [5.74, 6) is 0.907. The highest BCUT2D eigenvalue weighted by Gasteiger charge is 2.27. The van der Waals surface area contributed by atoms with Gasteiger partial charge in [0.15, 0.2) is 11.5 Å². The van der Waals surface area contributed by atoms with Crippen LogP contribution < -0.4 is 5.32 Å². The fraction of sp³-hybridized carbons (Fsp3) is 0.350. The van der Waals surface area contributed by atoms with Gasteiger partial charge in [-0.05, 0) is 37.8 Å². The molecule has 4 rings (SSSR count). The number of hydrogen-bond donors (Lipinski definition) is 1. The predicted octanol–water partition coefficient (Wildman–Crippen LogP) is 4.40. The lowest BCUT2D eigenvalue weighted by Crippen LogP contribution is -2.18. The zero-order valence-electron chi connectivity index (χ0n) is 15.6. The summed E-state index contributed by atoms with van der Waals surface area (Å²) >= 11 is 6.10. The number of nitrogens with one attached hydrogen (secondary N) is 1. The van der Waals surface area contributed by atoms with Crippen LogP contribution in [0.2, 0.25) is 5.02 Å². The molecule has 146 valence electrons. The van der Waals surface area contributed by atoms with Gasteiger partial charge in [-0.15, -0.1) is 0 Å². The van der Waals surface area contributed by atoms with Crippen LogP contribution >= 0.6 is 11.6 Å². The highest BCUT2D eigenvalue weighted by Crippen LogP contribution is 2.28. The number of aromatic nitrogens is 3. The van der Waals surface area contributed by atoms with Crippen molar-refractivity contribution >= 4 is 23.3 Å². The summed E-state index contributed by atoms with van der Waals surface area (Å²) in [5, 5.41) is 11.4. The number of fused-ring (bicyclic) bond motifs is 1. The van der Waals surface area contributed by atoms with E-state index in [1.807, 2.05) is 6.92 Å². The molecule has 0 spiro atoms. The van der Waals surface area contributed by atoms with Gasteiger partial charge in [-0.2, -0.15) is 5.10 Å². The lowest BCUT2D eigenvalue weighted by Gasteiger charge is -2.16. The third kappa shape index (κ3) is 3.54. The van der Waals surface area contributed by atoms with Gasteiger partial charge < -0.3 is 9.84 Å². The molecule has 6 nitrogen and oxygen atoms in total. The first-order chi connectivity index (χ1) is 13.4. The fourth-order valence-corrected chi connectivity index (χ4v) is 3.72. The van der Waals surface area contributed by atoms with Crippen LogP contribution in [0.4, 0.5) is 10.2 Å². The summed E-state index contributed by atoms with van der Waals surface area (Å²) in [6.45, 7) is 4.15. The van der Waals surface area contributed by atoms with Crippen molar-refractivity contribution in [2.45, 2.75) is 39.7 Å². The number of carbonyl (C=O) groups is 1. The molecule has 1 amide bonds. The van der Waals surface area contributed by atoms with E-state index >= 15 is 0 Å². The van der Waals surface area contributed by atoms with Gasteiger partial charge in [-0.1, -0.05) is 29.7 Å². The molecule has 0 aliphatic heterocycles. The summed E-state index contributed by atoms with van der Waals surface area (Å²) in [5.41, 5.74) is 2.31. The van der Waals surface area contributed by atoms with E-state index in [0.717, 1.165) is 36.3 Å². The van der Waals surface area contributed by atoms with Crippen molar-refractivity contribution in [3.05, 3.63) is 63.4 Å². The highest BCUT2D eigenvalue weighted by atomic mass is 35.5. The van der Waals surface area contributed by atoms with Crippen LogP contribution in [0.25, 0.3) is 0 Å². The number of rotatable bonds is 4. The summed E-state index contributed by atoms with van der Waals surface area (Å²) in [6, 6.07) is 6.28. The molecule has 3 aromatic rings. The maximum Gasteiger partial charge on any atom is 0.279 e. The Morgan fingerprint density at radius 1 is 1.46 bits per heavy atom. The first kappa shape index (κ1) is 18.7. The number of nitrogens with zero attached hydrogens (tertiary/aromatic N) is 3. The van der Waals surface area contributed by atoms with E-state index in [2.05, 4.69) is 22.5 Å². The van der Waals surface area contributed by atoms with E-state index in [1.54, 1.807) is 22.9 Å². The van der Waals surface area contributed by atoms with E-state index in [4.69, 9.17) is 16.1 Å². The Labute approximate surface area is 166 Å². The minimum absolute atomic E-state index is 0.171. The van der Waals surface area contributed by atoms with Crippen molar-refractivity contribution < 1.29 is 13.7 Å². The number of anilines is 1. The van der Waals surface area contributed by atoms with Crippen molar-refractivity contribution in [1.29, 1.82) is 0 Å². The number of halogens is 2. The second-order valence-corrected chi connectivity index (χ2v) is 7.67. The quantitative estimate of drug-likeness (QED) is 0.702. The summed E-state index contributed by atoms with van der Waals surface area (Å²) < 4.78 is 21.0. The van der Waals surface area contributed by atoms with E-state index in [-0.39, 0.29) is 12.5 Å². The number of amides is 1. The first-order valence-corrected chi connectivity index (χ1v) is 9.56. The summed E-state index contributed by atoms with van der Waals surface area (Å²) in [4.78, 5) is 12.7. The van der Waals surface area contributed by atoms with Crippen LogP contribution in [0.15, 0.2) is 28.8 Å². The van der Waals surface area contributed by atoms with Gasteiger partial charge in [-0.3, -0.25) is 9.48 Å². The van der Waals surface area contributed by atoms with Crippen LogP contribution in [0.5, 0.6) is 0 Å². The van der Waals surface area contributed by atoms with Gasteiger partial charge in [-0.25, -0.2) is 4.39 Å². The van der Waals surface area contributed by atoms with E-state index in [0.29, 0.717) is 28.0 Å². The fourth-order valence-electron chi connectivity index (χ4n) is 3.50. The number of aryl methyl sites for hydroxylation is 2. The molecule has 1 N–H and O–H groups in total. The second-order valence-electron chi connectivity index (χ2n) is 7.26. The largest absolute Gasteiger partial charge is 0.360 e. The Morgan fingerprint density at radius 3 is 3.07 bits per heavy atom. The Morgan fingerprint density at radius 2 is 2.29 bits per heavy atom. The molecule has 0 saturated heterocycles. The molecule has 2 aromatic heterocycles. The minimum atomic E-state index is -0.392. The van der Waals surface area contributed by atoms with Gasteiger partial charge in [0.1, 0.15) is 11.6 Å². The first-order valence-electron chi connectivity index (χ1n) is 9.18. The van der Waals surface area contributed by atoms with Gasteiger partial charge in [0, 0.05) is 34.3 Å². The molecule has 2 heterocycles. The molecule has 28 heavy (non-hydrogen) atoms. The van der Waals surface area contributed by atoms with Crippen molar-refractivity contribution in [2.24, 2.45) is 5.92 Å². The number of benzene rings is 1. The maximum absolute atomic E-state index is 14.0. The second kappa shape index (κ2) is 7.39. The highest BCUT2D eigenvalue weighted by molar-refractivity contribution is 6.31. The zero-order valence-corrected chi connectivity index (χ0v) is 16.4. The molecule has 8 heteroatoms. The van der Waals surface area contributed by atoms with Crippen molar-refractivity contribution in [3.8, 4) is 0 Å². The van der Waals surface area contributed by atoms with Crippen LogP contribution in [-0.2, 0) is 19.4 Å².